The van der Waals surface area contributed by atoms with Crippen molar-refractivity contribution >= 4 is 8.53 Å². The second-order valence-corrected chi connectivity index (χ2v) is 4.85. The molecule has 1 atom stereocenters. The van der Waals surface area contributed by atoms with E-state index in [2.05, 4.69) is 10.7 Å². The molecule has 0 spiro atoms. The first-order valence-electron chi connectivity index (χ1n) is 4.81. The fourth-order valence-corrected chi connectivity index (χ4v) is 1.63. The maximum Gasteiger partial charge on any atom is 0.283 e. The maximum absolute atomic E-state index is 9.21. The Kier molecular flexibility index (Phi) is 6.26. The van der Waals surface area contributed by atoms with Crippen LogP contribution in [-0.2, 0) is 9.56 Å². The second kappa shape index (κ2) is 6.37. The minimum atomic E-state index is -2.03. The SMILES string of the molecule is CC(C)C(C#N)(COOP(N)O)C(C)C. The van der Waals surface area contributed by atoms with E-state index in [9.17, 15) is 5.26 Å². The monoisotopic (exact) mass is 234 g/mol. The average Bonchev–Trinajstić information content (AvgIpc) is 2.10. The molecule has 0 amide bonds. The van der Waals surface area contributed by atoms with Crippen molar-refractivity contribution in [3.8, 4) is 6.07 Å². The predicted molar refractivity (Wildman–Crippen MR) is 58.1 cm³/mol. The number of nitrogens with two attached hydrogens (primary N) is 1. The summed E-state index contributed by atoms with van der Waals surface area (Å²) in [7, 11) is -2.03. The van der Waals surface area contributed by atoms with Crippen molar-refractivity contribution in [1.82, 2.24) is 0 Å². The van der Waals surface area contributed by atoms with Crippen molar-refractivity contribution in [3.05, 3.63) is 0 Å². The summed E-state index contributed by atoms with van der Waals surface area (Å²) in [5, 5.41) is 9.21. The molecule has 3 N–H and O–H groups in total. The van der Waals surface area contributed by atoms with Crippen molar-refractivity contribution in [3.63, 3.8) is 0 Å². The van der Waals surface area contributed by atoms with Gasteiger partial charge >= 0.3 is 0 Å². The van der Waals surface area contributed by atoms with E-state index >= 15 is 0 Å². The fourth-order valence-electron chi connectivity index (χ4n) is 1.47. The van der Waals surface area contributed by atoms with Crippen LogP contribution in [-0.4, -0.2) is 11.5 Å². The third-order valence-corrected chi connectivity index (χ3v) is 2.95. The number of hydrogen-bond donors (Lipinski definition) is 2. The molecule has 0 heterocycles. The molecule has 6 heteroatoms. The third-order valence-electron chi connectivity index (χ3n) is 2.70. The molecule has 0 radical (unpaired) electrons. The molecule has 15 heavy (non-hydrogen) atoms. The number of hydrogen-bond acceptors (Lipinski definition) is 5. The number of nitriles is 1. The van der Waals surface area contributed by atoms with Crippen molar-refractivity contribution in [2.75, 3.05) is 6.61 Å². The molecule has 0 aromatic heterocycles. The summed E-state index contributed by atoms with van der Waals surface area (Å²) in [6, 6.07) is 2.27. The minimum Gasteiger partial charge on any atom is -0.336 e. The van der Waals surface area contributed by atoms with Crippen LogP contribution < -0.4 is 5.50 Å². The molecular weight excluding hydrogens is 215 g/mol. The summed E-state index contributed by atoms with van der Waals surface area (Å²) in [5.74, 6) is 0.266. The first-order valence-corrected chi connectivity index (χ1v) is 6.09. The molecule has 0 bridgehead atoms. The highest BCUT2D eigenvalue weighted by molar-refractivity contribution is 7.43. The van der Waals surface area contributed by atoms with Crippen molar-refractivity contribution < 1.29 is 14.5 Å². The van der Waals surface area contributed by atoms with Crippen LogP contribution in [0.2, 0.25) is 0 Å². The van der Waals surface area contributed by atoms with Crippen molar-refractivity contribution in [2.24, 2.45) is 22.8 Å². The normalized spacial score (nSPS) is 14.3. The Morgan fingerprint density at radius 2 is 1.87 bits per heavy atom. The van der Waals surface area contributed by atoms with Gasteiger partial charge in [-0.2, -0.15) is 9.94 Å². The van der Waals surface area contributed by atoms with Gasteiger partial charge in [-0.25, -0.2) is 4.89 Å². The molecule has 0 aromatic rings. The molecule has 88 valence electrons. The summed E-state index contributed by atoms with van der Waals surface area (Å²) in [4.78, 5) is 13.5. The highest BCUT2D eigenvalue weighted by Gasteiger charge is 2.38. The molecule has 0 saturated heterocycles. The largest absolute Gasteiger partial charge is 0.336 e. The van der Waals surface area contributed by atoms with Crippen molar-refractivity contribution in [1.29, 1.82) is 5.26 Å². The summed E-state index contributed by atoms with van der Waals surface area (Å²) < 4.78 is 4.45. The van der Waals surface area contributed by atoms with Crippen LogP contribution in [0.15, 0.2) is 0 Å². The van der Waals surface area contributed by atoms with E-state index in [0.717, 1.165) is 0 Å². The van der Waals surface area contributed by atoms with Crippen LogP contribution in [0.5, 0.6) is 0 Å². The van der Waals surface area contributed by atoms with Crippen LogP contribution in [0.25, 0.3) is 0 Å². The van der Waals surface area contributed by atoms with Gasteiger partial charge in [-0.15, -0.1) is 0 Å². The summed E-state index contributed by atoms with van der Waals surface area (Å²) in [6.45, 7) is 7.93. The first kappa shape index (κ1) is 14.8. The van der Waals surface area contributed by atoms with E-state index in [1.54, 1.807) is 0 Å². The molecule has 0 aromatic carbocycles. The quantitative estimate of drug-likeness (QED) is 0.416. The zero-order chi connectivity index (χ0) is 12.1. The lowest BCUT2D eigenvalue weighted by atomic mass is 9.71. The van der Waals surface area contributed by atoms with Gasteiger partial charge in [-0.3, -0.25) is 5.50 Å². The van der Waals surface area contributed by atoms with Gasteiger partial charge < -0.3 is 4.89 Å². The highest BCUT2D eigenvalue weighted by Crippen LogP contribution is 2.36. The topological polar surface area (TPSA) is 88.5 Å². The lowest BCUT2D eigenvalue weighted by molar-refractivity contribution is -0.231. The van der Waals surface area contributed by atoms with E-state index in [4.69, 9.17) is 15.3 Å². The molecule has 0 saturated carbocycles. The number of rotatable bonds is 6. The van der Waals surface area contributed by atoms with Gasteiger partial charge in [0.2, 0.25) is 0 Å². The lowest BCUT2D eigenvalue weighted by Gasteiger charge is -2.33. The van der Waals surface area contributed by atoms with Gasteiger partial charge in [0.15, 0.2) is 0 Å². The van der Waals surface area contributed by atoms with Crippen LogP contribution >= 0.6 is 8.53 Å². The Labute approximate surface area is 92.1 Å². The van der Waals surface area contributed by atoms with Crippen LogP contribution in [0.1, 0.15) is 27.7 Å². The zero-order valence-electron chi connectivity index (χ0n) is 9.60. The van der Waals surface area contributed by atoms with Gasteiger partial charge in [-0.05, 0) is 11.8 Å². The molecular formula is C9H19N2O3P. The molecule has 0 aliphatic rings. The molecule has 0 rings (SSSR count). The minimum absolute atomic E-state index is 0.107. The lowest BCUT2D eigenvalue weighted by Crippen LogP contribution is -2.36. The zero-order valence-corrected chi connectivity index (χ0v) is 10.5. The van der Waals surface area contributed by atoms with Gasteiger partial charge in [0, 0.05) is 0 Å². The Morgan fingerprint density at radius 1 is 1.40 bits per heavy atom. The average molecular weight is 234 g/mol. The standard InChI is InChI=1S/C9H19N2O3P/c1-7(2)9(5-10,8(3)4)6-13-14-15(11)12/h7-8,12H,6,11H2,1-4H3. The third kappa shape index (κ3) is 4.02. The Bertz CT molecular complexity index is 218. The van der Waals surface area contributed by atoms with Crippen LogP contribution in [0.3, 0.4) is 0 Å². The maximum atomic E-state index is 9.21. The molecule has 0 fully saturated rings. The molecule has 0 aliphatic carbocycles. The van der Waals surface area contributed by atoms with Gasteiger partial charge in [-0.1, -0.05) is 27.7 Å². The van der Waals surface area contributed by atoms with Crippen LogP contribution in [0.4, 0.5) is 0 Å². The Balaban J connectivity index is 4.45. The van der Waals surface area contributed by atoms with Gasteiger partial charge in [0.1, 0.15) is 6.61 Å². The summed E-state index contributed by atoms with van der Waals surface area (Å²) in [5.41, 5.74) is 4.39. The number of nitrogens with zero attached hydrogens (tertiary/aromatic N) is 1. The Morgan fingerprint density at radius 3 is 2.13 bits per heavy atom. The smallest absolute Gasteiger partial charge is 0.283 e. The van der Waals surface area contributed by atoms with Gasteiger partial charge in [0.25, 0.3) is 8.53 Å². The fraction of sp³-hybridized carbons (Fsp3) is 0.889. The van der Waals surface area contributed by atoms with E-state index < -0.39 is 13.9 Å². The van der Waals surface area contributed by atoms with E-state index in [-0.39, 0.29) is 18.4 Å². The summed E-state index contributed by atoms with van der Waals surface area (Å²) >= 11 is 0. The highest BCUT2D eigenvalue weighted by atomic mass is 31.2. The second-order valence-electron chi connectivity index (χ2n) is 4.10. The summed E-state index contributed by atoms with van der Waals surface area (Å²) in [6.07, 6.45) is 0. The molecule has 0 aliphatic heterocycles. The molecule has 1 unspecified atom stereocenters. The van der Waals surface area contributed by atoms with E-state index in [1.807, 2.05) is 27.7 Å². The van der Waals surface area contributed by atoms with Crippen molar-refractivity contribution in [2.45, 2.75) is 27.7 Å². The predicted octanol–water partition coefficient (Wildman–Crippen LogP) is 1.93. The van der Waals surface area contributed by atoms with Crippen LogP contribution in [0, 0.1) is 28.6 Å². The van der Waals surface area contributed by atoms with Gasteiger partial charge in [0.05, 0.1) is 11.5 Å². The van der Waals surface area contributed by atoms with E-state index in [1.165, 1.54) is 0 Å². The first-order chi connectivity index (χ1) is 6.86. The molecule has 5 nitrogen and oxygen atoms in total. The Hall–Kier alpha value is -0.240. The van der Waals surface area contributed by atoms with E-state index in [0.29, 0.717) is 0 Å².